The maximum Gasteiger partial charge on any atom is 0.0645 e. The Labute approximate surface area is 107 Å². The summed E-state index contributed by atoms with van der Waals surface area (Å²) in [5.74, 6) is 0.589. The molecule has 0 saturated carbocycles. The topological polar surface area (TPSA) is 14.2 Å². The average molecular weight is 252 g/mol. The first-order valence-corrected chi connectivity index (χ1v) is 6.37. The van der Waals surface area contributed by atoms with Crippen molar-refractivity contribution in [1.29, 1.82) is 0 Å². The van der Waals surface area contributed by atoms with E-state index in [1.807, 2.05) is 18.2 Å². The minimum atomic E-state index is 0.589. The molecule has 0 aliphatic carbocycles. The number of rotatable bonds is 5. The van der Waals surface area contributed by atoms with Crippen molar-refractivity contribution in [3.05, 3.63) is 35.5 Å². The number of hydrogen-bond acceptors (Lipinski definition) is 1. The molecule has 3 heteroatoms. The molecule has 2 rings (SSSR count). The van der Waals surface area contributed by atoms with Crippen LogP contribution in [-0.2, 0) is 11.3 Å². The van der Waals surface area contributed by atoms with Crippen LogP contribution in [0.4, 0.5) is 0 Å². The predicted molar refractivity (Wildman–Crippen MR) is 72.6 cm³/mol. The molecule has 1 aromatic heterocycles. The Morgan fingerprint density at radius 1 is 1.29 bits per heavy atom. The number of hydrogen-bond donors (Lipinski definition) is 0. The third-order valence-corrected chi connectivity index (χ3v) is 2.90. The van der Waals surface area contributed by atoms with Gasteiger partial charge in [0.05, 0.1) is 6.61 Å². The minimum Gasteiger partial charge on any atom is -0.379 e. The van der Waals surface area contributed by atoms with E-state index in [9.17, 15) is 0 Å². The summed E-state index contributed by atoms with van der Waals surface area (Å²) >= 11 is 6.01. The van der Waals surface area contributed by atoms with Gasteiger partial charge >= 0.3 is 0 Å². The lowest BCUT2D eigenvalue weighted by atomic mass is 10.2. The van der Waals surface area contributed by atoms with Gasteiger partial charge in [-0.2, -0.15) is 0 Å². The van der Waals surface area contributed by atoms with E-state index in [1.165, 1.54) is 10.9 Å². The molecule has 0 saturated heterocycles. The van der Waals surface area contributed by atoms with Crippen LogP contribution >= 0.6 is 11.6 Å². The molecule has 0 radical (unpaired) electrons. The molecule has 92 valence electrons. The highest BCUT2D eigenvalue weighted by Crippen LogP contribution is 2.20. The number of aromatic nitrogens is 1. The van der Waals surface area contributed by atoms with E-state index >= 15 is 0 Å². The molecule has 0 fully saturated rings. The molecule has 0 aliphatic heterocycles. The number of fused-ring (bicyclic) bond motifs is 1. The Balaban J connectivity index is 2.01. The van der Waals surface area contributed by atoms with Crippen molar-refractivity contribution in [2.24, 2.45) is 5.92 Å². The number of benzene rings is 1. The molecule has 2 nitrogen and oxygen atoms in total. The van der Waals surface area contributed by atoms with Crippen molar-refractivity contribution in [3.63, 3.8) is 0 Å². The van der Waals surface area contributed by atoms with Gasteiger partial charge in [0.1, 0.15) is 0 Å². The maximum absolute atomic E-state index is 6.01. The summed E-state index contributed by atoms with van der Waals surface area (Å²) in [4.78, 5) is 0. The molecule has 0 amide bonds. The third kappa shape index (κ3) is 3.24. The highest BCUT2D eigenvalue weighted by molar-refractivity contribution is 6.31. The van der Waals surface area contributed by atoms with E-state index in [4.69, 9.17) is 16.3 Å². The molecule has 2 aromatic rings. The monoisotopic (exact) mass is 251 g/mol. The van der Waals surface area contributed by atoms with E-state index in [2.05, 4.69) is 30.7 Å². The zero-order chi connectivity index (χ0) is 12.3. The summed E-state index contributed by atoms with van der Waals surface area (Å²) in [5, 5.41) is 2.00. The second-order valence-corrected chi connectivity index (χ2v) is 5.12. The van der Waals surface area contributed by atoms with Crippen LogP contribution in [0.25, 0.3) is 10.9 Å². The zero-order valence-electron chi connectivity index (χ0n) is 10.3. The minimum absolute atomic E-state index is 0.589. The lowest BCUT2D eigenvalue weighted by molar-refractivity contribution is 0.104. The Morgan fingerprint density at radius 2 is 2.12 bits per heavy atom. The summed E-state index contributed by atoms with van der Waals surface area (Å²) in [6.45, 7) is 6.75. The fourth-order valence-electron chi connectivity index (χ4n) is 1.83. The molecule has 0 unspecified atom stereocenters. The average Bonchev–Trinajstić information content (AvgIpc) is 2.67. The largest absolute Gasteiger partial charge is 0.379 e. The SMILES string of the molecule is CC(C)COCCn1ccc2ccc(Cl)cc21. The van der Waals surface area contributed by atoms with Crippen molar-refractivity contribution < 1.29 is 4.74 Å². The van der Waals surface area contributed by atoms with Crippen molar-refractivity contribution in [1.82, 2.24) is 4.57 Å². The molecule has 0 spiro atoms. The van der Waals surface area contributed by atoms with E-state index in [1.54, 1.807) is 0 Å². The second-order valence-electron chi connectivity index (χ2n) is 4.68. The lowest BCUT2D eigenvalue weighted by Gasteiger charge is -2.08. The highest BCUT2D eigenvalue weighted by atomic mass is 35.5. The van der Waals surface area contributed by atoms with Gasteiger partial charge in [0.15, 0.2) is 0 Å². The van der Waals surface area contributed by atoms with E-state index in [0.29, 0.717) is 5.92 Å². The van der Waals surface area contributed by atoms with Crippen LogP contribution in [0, 0.1) is 5.92 Å². The van der Waals surface area contributed by atoms with E-state index in [-0.39, 0.29) is 0 Å². The van der Waals surface area contributed by atoms with Crippen LogP contribution in [0.3, 0.4) is 0 Å². The van der Waals surface area contributed by atoms with Crippen LogP contribution in [0.2, 0.25) is 5.02 Å². The van der Waals surface area contributed by atoms with Crippen LogP contribution in [0.5, 0.6) is 0 Å². The van der Waals surface area contributed by atoms with Gasteiger partial charge < -0.3 is 9.30 Å². The molecule has 0 aliphatic rings. The lowest BCUT2D eigenvalue weighted by Crippen LogP contribution is -2.08. The van der Waals surface area contributed by atoms with Crippen molar-refractivity contribution >= 4 is 22.5 Å². The third-order valence-electron chi connectivity index (χ3n) is 2.66. The van der Waals surface area contributed by atoms with Crippen molar-refractivity contribution in [2.45, 2.75) is 20.4 Å². The summed E-state index contributed by atoms with van der Waals surface area (Å²) in [6.07, 6.45) is 2.08. The van der Waals surface area contributed by atoms with Crippen LogP contribution in [-0.4, -0.2) is 17.8 Å². The number of nitrogens with zero attached hydrogens (tertiary/aromatic N) is 1. The van der Waals surface area contributed by atoms with Gasteiger partial charge in [-0.3, -0.25) is 0 Å². The van der Waals surface area contributed by atoms with Gasteiger partial charge in [-0.05, 0) is 29.5 Å². The van der Waals surface area contributed by atoms with Gasteiger partial charge in [0.25, 0.3) is 0 Å². The fraction of sp³-hybridized carbons (Fsp3) is 0.429. The Morgan fingerprint density at radius 3 is 2.88 bits per heavy atom. The standard InChI is InChI=1S/C14H18ClNO/c1-11(2)10-17-8-7-16-6-5-12-3-4-13(15)9-14(12)16/h3-6,9,11H,7-8,10H2,1-2H3. The van der Waals surface area contributed by atoms with Gasteiger partial charge in [-0.1, -0.05) is 31.5 Å². The molecular weight excluding hydrogens is 234 g/mol. The second kappa shape index (κ2) is 5.56. The molecular formula is C14H18ClNO. The maximum atomic E-state index is 6.01. The quantitative estimate of drug-likeness (QED) is 0.734. The van der Waals surface area contributed by atoms with Crippen molar-refractivity contribution in [2.75, 3.05) is 13.2 Å². The zero-order valence-corrected chi connectivity index (χ0v) is 11.1. The Kier molecular flexibility index (Phi) is 4.08. The highest BCUT2D eigenvalue weighted by Gasteiger charge is 2.02. The summed E-state index contributed by atoms with van der Waals surface area (Å²) in [7, 11) is 0. The van der Waals surface area contributed by atoms with Gasteiger partial charge in [-0.15, -0.1) is 0 Å². The fourth-order valence-corrected chi connectivity index (χ4v) is 2.00. The normalized spacial score (nSPS) is 11.5. The van der Waals surface area contributed by atoms with Gasteiger partial charge in [0, 0.05) is 29.9 Å². The summed E-state index contributed by atoms with van der Waals surface area (Å²) < 4.78 is 7.78. The van der Waals surface area contributed by atoms with Gasteiger partial charge in [-0.25, -0.2) is 0 Å². The first-order valence-electron chi connectivity index (χ1n) is 5.99. The molecule has 0 N–H and O–H groups in total. The van der Waals surface area contributed by atoms with Crippen molar-refractivity contribution in [3.8, 4) is 0 Å². The van der Waals surface area contributed by atoms with E-state index in [0.717, 1.165) is 24.8 Å². The Bertz CT molecular complexity index is 490. The van der Waals surface area contributed by atoms with Crippen LogP contribution < -0.4 is 0 Å². The summed E-state index contributed by atoms with van der Waals surface area (Å²) in [5.41, 5.74) is 1.17. The van der Waals surface area contributed by atoms with E-state index < -0.39 is 0 Å². The predicted octanol–water partition coefficient (Wildman–Crippen LogP) is 3.97. The molecule has 1 heterocycles. The van der Waals surface area contributed by atoms with Gasteiger partial charge in [0.2, 0.25) is 0 Å². The Hall–Kier alpha value is -0.990. The smallest absolute Gasteiger partial charge is 0.0645 e. The first kappa shape index (κ1) is 12.5. The molecule has 17 heavy (non-hydrogen) atoms. The molecule has 0 bridgehead atoms. The number of halogens is 1. The van der Waals surface area contributed by atoms with Crippen LogP contribution in [0.1, 0.15) is 13.8 Å². The van der Waals surface area contributed by atoms with Crippen LogP contribution in [0.15, 0.2) is 30.5 Å². The first-order chi connectivity index (χ1) is 8.16. The molecule has 1 aromatic carbocycles. The molecule has 0 atom stereocenters. The summed E-state index contributed by atoms with van der Waals surface area (Å²) in [6, 6.07) is 8.07. The number of ether oxygens (including phenoxy) is 1.